The summed E-state index contributed by atoms with van der Waals surface area (Å²) in [6.45, 7) is 5.37. The average molecular weight is 405 g/mol. The maximum atomic E-state index is 11.4. The van der Waals surface area contributed by atoms with Gasteiger partial charge in [0.15, 0.2) is 0 Å². The van der Waals surface area contributed by atoms with Gasteiger partial charge in [-0.1, -0.05) is 79.9 Å². The molecule has 0 saturated carbocycles. The molecule has 0 N–H and O–H groups in total. The molecule has 0 aliphatic rings. The van der Waals surface area contributed by atoms with Gasteiger partial charge in [-0.3, -0.25) is 4.79 Å². The lowest BCUT2D eigenvalue weighted by molar-refractivity contribution is -0.143. The molecule has 1 aromatic heterocycles. The van der Waals surface area contributed by atoms with Crippen LogP contribution in [0.15, 0.2) is 60.7 Å². The highest BCUT2D eigenvalue weighted by atomic mass is 16.5. The Morgan fingerprint density at radius 1 is 0.867 bits per heavy atom. The lowest BCUT2D eigenvalue weighted by Crippen LogP contribution is -2.04. The maximum Gasteiger partial charge on any atom is 0.305 e. The minimum absolute atomic E-state index is 0.0764. The third-order valence-corrected chi connectivity index (χ3v) is 5.32. The molecule has 0 atom stereocenters. The molecule has 30 heavy (non-hydrogen) atoms. The van der Waals surface area contributed by atoms with Crippen molar-refractivity contribution in [3.8, 4) is 22.5 Å². The summed E-state index contributed by atoms with van der Waals surface area (Å²) < 4.78 is 7.34. The molecule has 1 heterocycles. The summed E-state index contributed by atoms with van der Waals surface area (Å²) in [5, 5.41) is 0. The van der Waals surface area contributed by atoms with Crippen LogP contribution >= 0.6 is 0 Å². The highest BCUT2D eigenvalue weighted by Crippen LogP contribution is 2.33. The van der Waals surface area contributed by atoms with Gasteiger partial charge in [-0.15, -0.1) is 0 Å². The Kier molecular flexibility index (Phi) is 8.25. The zero-order valence-corrected chi connectivity index (χ0v) is 18.1. The second kappa shape index (κ2) is 11.3. The van der Waals surface area contributed by atoms with E-state index in [1.807, 2.05) is 13.0 Å². The topological polar surface area (TPSA) is 44.1 Å². The monoisotopic (exact) mass is 404 g/mol. The number of ether oxygens (including phenoxy) is 1. The lowest BCUT2D eigenvalue weighted by atomic mass is 10.0. The zero-order valence-electron chi connectivity index (χ0n) is 18.1. The second-order valence-corrected chi connectivity index (χ2v) is 7.56. The molecule has 2 aromatic carbocycles. The maximum absolute atomic E-state index is 11.4. The Morgan fingerprint density at radius 3 is 2.13 bits per heavy atom. The van der Waals surface area contributed by atoms with Crippen LogP contribution in [0.25, 0.3) is 22.5 Å². The number of aromatic nitrogens is 2. The van der Waals surface area contributed by atoms with E-state index in [1.54, 1.807) is 0 Å². The zero-order chi connectivity index (χ0) is 21.2. The van der Waals surface area contributed by atoms with E-state index in [1.165, 1.54) is 11.3 Å². The van der Waals surface area contributed by atoms with Crippen molar-refractivity contribution in [3.63, 3.8) is 0 Å². The van der Waals surface area contributed by atoms with Crippen molar-refractivity contribution >= 4 is 5.97 Å². The van der Waals surface area contributed by atoms with Gasteiger partial charge in [0.05, 0.1) is 18.0 Å². The molecule has 0 radical (unpaired) electrons. The second-order valence-electron chi connectivity index (χ2n) is 7.56. The summed E-state index contributed by atoms with van der Waals surface area (Å²) >= 11 is 0. The summed E-state index contributed by atoms with van der Waals surface area (Å²) in [5.74, 6) is 0.975. The van der Waals surface area contributed by atoms with Crippen LogP contribution in [0.3, 0.4) is 0 Å². The molecule has 4 nitrogen and oxygen atoms in total. The third-order valence-electron chi connectivity index (χ3n) is 5.32. The molecule has 0 spiro atoms. The smallest absolute Gasteiger partial charge is 0.305 e. The molecule has 0 aliphatic heterocycles. The highest BCUT2D eigenvalue weighted by Gasteiger charge is 2.17. The minimum atomic E-state index is -0.0764. The fourth-order valence-electron chi connectivity index (χ4n) is 3.83. The predicted octanol–water partition coefficient (Wildman–Crippen LogP) is 6.43. The van der Waals surface area contributed by atoms with Crippen molar-refractivity contribution < 1.29 is 9.53 Å². The molecular formula is C26H32N2O2. The predicted molar refractivity (Wildman–Crippen MR) is 122 cm³/mol. The summed E-state index contributed by atoms with van der Waals surface area (Å²) in [5.41, 5.74) is 4.60. The van der Waals surface area contributed by atoms with Crippen molar-refractivity contribution in [1.82, 2.24) is 9.55 Å². The normalized spacial score (nSPS) is 10.9. The van der Waals surface area contributed by atoms with Gasteiger partial charge in [0.2, 0.25) is 0 Å². The number of carbonyl (C=O) groups excluding carboxylic acids is 1. The van der Waals surface area contributed by atoms with Gasteiger partial charge in [0.1, 0.15) is 5.82 Å². The Hall–Kier alpha value is -2.88. The molecule has 0 bridgehead atoms. The van der Waals surface area contributed by atoms with Gasteiger partial charge in [-0.2, -0.15) is 0 Å². The first kappa shape index (κ1) is 21.8. The number of imidazole rings is 1. The van der Waals surface area contributed by atoms with E-state index in [0.29, 0.717) is 13.0 Å². The van der Waals surface area contributed by atoms with Crippen molar-refractivity contribution in [2.45, 2.75) is 58.9 Å². The largest absolute Gasteiger partial charge is 0.466 e. The van der Waals surface area contributed by atoms with Crippen LogP contribution in [0.4, 0.5) is 0 Å². The molecule has 0 saturated heterocycles. The molecule has 3 aromatic rings. The van der Waals surface area contributed by atoms with Gasteiger partial charge in [-0.25, -0.2) is 4.98 Å². The molecule has 0 amide bonds. The summed E-state index contributed by atoms with van der Waals surface area (Å²) in [7, 11) is 0. The van der Waals surface area contributed by atoms with Crippen LogP contribution in [0, 0.1) is 6.92 Å². The Labute approximate surface area is 179 Å². The Morgan fingerprint density at radius 2 is 1.47 bits per heavy atom. The fourth-order valence-corrected chi connectivity index (χ4v) is 3.83. The van der Waals surface area contributed by atoms with Gasteiger partial charge in [0.25, 0.3) is 0 Å². The number of esters is 1. The molecule has 0 fully saturated rings. The lowest BCUT2D eigenvalue weighted by Gasteiger charge is -2.12. The minimum Gasteiger partial charge on any atom is -0.466 e. The molecule has 158 valence electrons. The number of benzene rings is 2. The van der Waals surface area contributed by atoms with Crippen LogP contribution in [0.2, 0.25) is 0 Å². The number of carbonyl (C=O) groups is 1. The number of hydrogen-bond donors (Lipinski definition) is 0. The van der Waals surface area contributed by atoms with Crippen LogP contribution < -0.4 is 0 Å². The number of aryl methyl sites for hydroxylation is 1. The van der Waals surface area contributed by atoms with Crippen molar-refractivity contribution in [3.05, 3.63) is 66.5 Å². The average Bonchev–Trinajstić information content (AvgIpc) is 3.10. The number of rotatable bonds is 11. The van der Waals surface area contributed by atoms with Crippen LogP contribution in [0.1, 0.15) is 51.3 Å². The first-order valence-electron chi connectivity index (χ1n) is 11.0. The van der Waals surface area contributed by atoms with Crippen LogP contribution in [-0.4, -0.2) is 22.1 Å². The quantitative estimate of drug-likeness (QED) is 0.273. The molecule has 0 aliphatic carbocycles. The van der Waals surface area contributed by atoms with E-state index in [-0.39, 0.29) is 5.97 Å². The van der Waals surface area contributed by atoms with E-state index in [2.05, 4.69) is 66.1 Å². The van der Waals surface area contributed by atoms with Crippen molar-refractivity contribution in [2.75, 3.05) is 6.61 Å². The van der Waals surface area contributed by atoms with E-state index >= 15 is 0 Å². The number of unbranched alkanes of at least 4 members (excludes halogenated alkanes) is 4. The van der Waals surface area contributed by atoms with Gasteiger partial charge in [0, 0.05) is 24.1 Å². The Balaban J connectivity index is 1.65. The third kappa shape index (κ3) is 5.82. The molecule has 0 unspecified atom stereocenters. The first-order chi connectivity index (χ1) is 14.7. The molecule has 3 rings (SSSR count). The van der Waals surface area contributed by atoms with Gasteiger partial charge >= 0.3 is 5.97 Å². The Bertz CT molecular complexity index is 917. The van der Waals surface area contributed by atoms with E-state index in [9.17, 15) is 4.79 Å². The number of nitrogens with zero attached hydrogens (tertiary/aromatic N) is 2. The van der Waals surface area contributed by atoms with Gasteiger partial charge < -0.3 is 9.30 Å². The SMILES string of the molecule is CCOC(=O)CCCCCCCn1c(C)nc(-c2ccccc2)c1-c1ccccc1. The highest BCUT2D eigenvalue weighted by molar-refractivity contribution is 5.79. The summed E-state index contributed by atoms with van der Waals surface area (Å²) in [6, 6.07) is 21.0. The first-order valence-corrected chi connectivity index (χ1v) is 11.0. The summed E-state index contributed by atoms with van der Waals surface area (Å²) in [6.07, 6.45) is 5.91. The van der Waals surface area contributed by atoms with Crippen LogP contribution in [-0.2, 0) is 16.1 Å². The van der Waals surface area contributed by atoms with E-state index in [4.69, 9.17) is 9.72 Å². The van der Waals surface area contributed by atoms with Crippen molar-refractivity contribution in [2.24, 2.45) is 0 Å². The summed E-state index contributed by atoms with van der Waals surface area (Å²) in [4.78, 5) is 16.3. The fraction of sp³-hybridized carbons (Fsp3) is 0.385. The molecular weight excluding hydrogens is 372 g/mol. The van der Waals surface area contributed by atoms with Crippen LogP contribution in [0.5, 0.6) is 0 Å². The number of hydrogen-bond acceptors (Lipinski definition) is 3. The van der Waals surface area contributed by atoms with Gasteiger partial charge in [-0.05, 0) is 26.7 Å². The van der Waals surface area contributed by atoms with Crippen molar-refractivity contribution in [1.29, 1.82) is 0 Å². The standard InChI is InChI=1S/C26H32N2O2/c1-3-30-24(29)19-13-5-4-6-14-20-28-21(2)27-25(22-15-9-7-10-16-22)26(28)23-17-11-8-12-18-23/h7-12,15-18H,3-6,13-14,19-20H2,1-2H3. The van der Waals surface area contributed by atoms with E-state index < -0.39 is 0 Å². The molecule has 4 heteroatoms. The van der Waals surface area contributed by atoms with E-state index in [0.717, 1.165) is 55.7 Å².